The molecule has 142 valence electrons. The molecular formula is C22H26N2OS2. The predicted molar refractivity (Wildman–Crippen MR) is 116 cm³/mol. The van der Waals surface area contributed by atoms with E-state index in [0.717, 1.165) is 26.6 Å². The molecule has 0 saturated carbocycles. The van der Waals surface area contributed by atoms with Gasteiger partial charge in [-0.1, -0.05) is 56.8 Å². The van der Waals surface area contributed by atoms with Crippen LogP contribution in [0.25, 0.3) is 10.2 Å². The first-order valence-electron chi connectivity index (χ1n) is 9.13. The quantitative estimate of drug-likeness (QED) is 0.295. The highest BCUT2D eigenvalue weighted by Crippen LogP contribution is 2.37. The van der Waals surface area contributed by atoms with E-state index in [9.17, 15) is 4.79 Å². The molecule has 1 aromatic carbocycles. The summed E-state index contributed by atoms with van der Waals surface area (Å²) in [5.41, 5.74) is 3.28. The lowest BCUT2D eigenvalue weighted by Crippen LogP contribution is -2.15. The lowest BCUT2D eigenvalue weighted by molar-refractivity contribution is 0.0994. The number of thiophene rings is 1. The summed E-state index contributed by atoms with van der Waals surface area (Å²) < 4.78 is 0. The van der Waals surface area contributed by atoms with Gasteiger partial charge in [-0.25, -0.2) is 9.97 Å². The molecule has 27 heavy (non-hydrogen) atoms. The van der Waals surface area contributed by atoms with Crippen molar-refractivity contribution in [1.82, 2.24) is 9.97 Å². The summed E-state index contributed by atoms with van der Waals surface area (Å²) in [6.07, 6.45) is 0. The summed E-state index contributed by atoms with van der Waals surface area (Å²) in [6, 6.07) is 8.01. The van der Waals surface area contributed by atoms with Gasteiger partial charge in [0.05, 0.1) is 5.25 Å². The fraction of sp³-hybridized carbons (Fsp3) is 0.409. The molecule has 3 rings (SSSR count). The summed E-state index contributed by atoms with van der Waals surface area (Å²) >= 11 is 3.23. The minimum absolute atomic E-state index is 0.0837. The normalized spacial score (nSPS) is 13.1. The standard InChI is InChI=1S/C22H26N2OS2/c1-12-13(2)26-20-18(12)21(24-15(4)23-20)27-14(3)19(25)16-8-10-17(11-9-16)22(5,6)7/h8-11,14H,1-7H3/t14-/m1/s1. The summed E-state index contributed by atoms with van der Waals surface area (Å²) in [6.45, 7) is 14.6. The molecule has 0 amide bonds. The van der Waals surface area contributed by atoms with Crippen molar-refractivity contribution in [3.8, 4) is 0 Å². The maximum Gasteiger partial charge on any atom is 0.175 e. The van der Waals surface area contributed by atoms with Gasteiger partial charge in [0.15, 0.2) is 5.78 Å². The number of fused-ring (bicyclic) bond motifs is 1. The number of hydrogen-bond acceptors (Lipinski definition) is 5. The molecule has 0 spiro atoms. The number of hydrogen-bond donors (Lipinski definition) is 0. The molecular weight excluding hydrogens is 372 g/mol. The highest BCUT2D eigenvalue weighted by Gasteiger charge is 2.22. The van der Waals surface area contributed by atoms with E-state index >= 15 is 0 Å². The van der Waals surface area contributed by atoms with Crippen LogP contribution in [0.4, 0.5) is 0 Å². The Bertz CT molecular complexity index is 998. The third kappa shape index (κ3) is 4.09. The molecule has 3 aromatic rings. The van der Waals surface area contributed by atoms with Gasteiger partial charge in [-0.2, -0.15) is 0 Å². The number of benzene rings is 1. The van der Waals surface area contributed by atoms with E-state index in [1.807, 2.05) is 26.0 Å². The molecule has 2 aromatic heterocycles. The molecule has 1 atom stereocenters. The number of rotatable bonds is 4. The van der Waals surface area contributed by atoms with Gasteiger partial charge in [-0.15, -0.1) is 11.3 Å². The van der Waals surface area contributed by atoms with Crippen LogP contribution in [0.3, 0.4) is 0 Å². The van der Waals surface area contributed by atoms with E-state index in [4.69, 9.17) is 0 Å². The SMILES string of the molecule is Cc1nc(S[C@H](C)C(=O)c2ccc(C(C)(C)C)cc2)c2c(C)c(C)sc2n1. The van der Waals surface area contributed by atoms with Crippen LogP contribution < -0.4 is 0 Å². The van der Waals surface area contributed by atoms with Gasteiger partial charge in [0.1, 0.15) is 15.7 Å². The van der Waals surface area contributed by atoms with Gasteiger partial charge in [0.25, 0.3) is 0 Å². The van der Waals surface area contributed by atoms with Gasteiger partial charge in [-0.3, -0.25) is 4.79 Å². The highest BCUT2D eigenvalue weighted by molar-refractivity contribution is 8.00. The van der Waals surface area contributed by atoms with Crippen molar-refractivity contribution in [2.75, 3.05) is 0 Å². The maximum absolute atomic E-state index is 13.0. The zero-order valence-electron chi connectivity index (χ0n) is 17.0. The number of aromatic nitrogens is 2. The van der Waals surface area contributed by atoms with Crippen LogP contribution in [0.5, 0.6) is 0 Å². The topological polar surface area (TPSA) is 42.9 Å². The van der Waals surface area contributed by atoms with Crippen LogP contribution in [0.15, 0.2) is 29.3 Å². The van der Waals surface area contributed by atoms with E-state index in [1.165, 1.54) is 27.8 Å². The van der Waals surface area contributed by atoms with Crippen molar-refractivity contribution in [1.29, 1.82) is 0 Å². The lowest BCUT2D eigenvalue weighted by atomic mass is 9.86. The Hall–Kier alpha value is -1.72. The number of carbonyl (C=O) groups is 1. The van der Waals surface area contributed by atoms with Gasteiger partial charge < -0.3 is 0 Å². The molecule has 5 heteroatoms. The largest absolute Gasteiger partial charge is 0.293 e. The Kier molecular flexibility index (Phi) is 5.46. The molecule has 3 nitrogen and oxygen atoms in total. The van der Waals surface area contributed by atoms with Crippen molar-refractivity contribution in [3.05, 3.63) is 51.7 Å². The molecule has 0 N–H and O–H groups in total. The number of aryl methyl sites for hydroxylation is 3. The summed E-state index contributed by atoms with van der Waals surface area (Å²) in [4.78, 5) is 24.4. The van der Waals surface area contributed by atoms with E-state index in [-0.39, 0.29) is 16.4 Å². The van der Waals surface area contributed by atoms with Crippen molar-refractivity contribution >= 4 is 39.1 Å². The summed E-state index contributed by atoms with van der Waals surface area (Å²) in [5.74, 6) is 0.884. The van der Waals surface area contributed by atoms with Crippen molar-refractivity contribution in [3.63, 3.8) is 0 Å². The first-order valence-corrected chi connectivity index (χ1v) is 10.8. The van der Waals surface area contributed by atoms with Crippen molar-refractivity contribution < 1.29 is 4.79 Å². The second kappa shape index (κ2) is 7.36. The predicted octanol–water partition coefficient (Wildman–Crippen LogP) is 6.28. The van der Waals surface area contributed by atoms with E-state index < -0.39 is 0 Å². The number of carbonyl (C=O) groups excluding carboxylic acids is 1. The number of Topliss-reactive ketones (excluding diaryl/α,β-unsaturated/α-hetero) is 1. The van der Waals surface area contributed by atoms with E-state index in [1.54, 1.807) is 11.3 Å². The van der Waals surface area contributed by atoms with Gasteiger partial charge >= 0.3 is 0 Å². The smallest absolute Gasteiger partial charge is 0.175 e. The van der Waals surface area contributed by atoms with Crippen LogP contribution >= 0.6 is 23.1 Å². The maximum atomic E-state index is 13.0. The molecule has 0 saturated heterocycles. The monoisotopic (exact) mass is 398 g/mol. The number of thioether (sulfide) groups is 1. The first kappa shape index (κ1) is 20.0. The van der Waals surface area contributed by atoms with Crippen LogP contribution in [0.2, 0.25) is 0 Å². The Labute approximate surface area is 169 Å². The van der Waals surface area contributed by atoms with Gasteiger partial charge in [0, 0.05) is 15.8 Å². The van der Waals surface area contributed by atoms with Crippen molar-refractivity contribution in [2.24, 2.45) is 0 Å². The van der Waals surface area contributed by atoms with Crippen LogP contribution in [0, 0.1) is 20.8 Å². The summed E-state index contributed by atoms with van der Waals surface area (Å²) in [5, 5.41) is 1.80. The minimum atomic E-state index is -0.206. The third-order valence-electron chi connectivity index (χ3n) is 4.80. The number of nitrogens with zero attached hydrogens (tertiary/aromatic N) is 2. The van der Waals surface area contributed by atoms with Gasteiger partial charge in [0.2, 0.25) is 0 Å². The lowest BCUT2D eigenvalue weighted by Gasteiger charge is -2.19. The first-order chi connectivity index (χ1) is 12.6. The van der Waals surface area contributed by atoms with Gasteiger partial charge in [-0.05, 0) is 44.2 Å². The second-order valence-corrected chi connectivity index (χ2v) is 10.5. The second-order valence-electron chi connectivity index (χ2n) is 7.99. The highest BCUT2D eigenvalue weighted by atomic mass is 32.2. The van der Waals surface area contributed by atoms with Crippen molar-refractivity contribution in [2.45, 2.75) is 64.2 Å². The van der Waals surface area contributed by atoms with Crippen LogP contribution in [-0.2, 0) is 5.41 Å². The minimum Gasteiger partial charge on any atom is -0.293 e. The Morgan fingerprint density at radius 1 is 1.07 bits per heavy atom. The molecule has 0 unspecified atom stereocenters. The molecule has 0 fully saturated rings. The molecule has 0 radical (unpaired) electrons. The van der Waals surface area contributed by atoms with E-state index in [0.29, 0.717) is 0 Å². The molecule has 0 aliphatic carbocycles. The fourth-order valence-corrected chi connectivity index (χ4v) is 5.26. The number of ketones is 1. The average Bonchev–Trinajstić information content (AvgIpc) is 2.87. The molecule has 0 aliphatic heterocycles. The molecule has 2 heterocycles. The Morgan fingerprint density at radius 3 is 2.30 bits per heavy atom. The molecule has 0 aliphatic rings. The third-order valence-corrected chi connectivity index (χ3v) is 6.99. The van der Waals surface area contributed by atoms with Crippen LogP contribution in [0.1, 0.15) is 59.9 Å². The fourth-order valence-electron chi connectivity index (χ4n) is 2.99. The summed E-state index contributed by atoms with van der Waals surface area (Å²) in [7, 11) is 0. The van der Waals surface area contributed by atoms with Crippen LogP contribution in [-0.4, -0.2) is 21.0 Å². The van der Waals surface area contributed by atoms with E-state index in [2.05, 4.69) is 56.7 Å². The zero-order chi connectivity index (χ0) is 19.9. The Morgan fingerprint density at radius 2 is 1.70 bits per heavy atom. The molecule has 0 bridgehead atoms. The zero-order valence-corrected chi connectivity index (χ0v) is 18.6. The average molecular weight is 399 g/mol. The Balaban J connectivity index is 1.88.